The number of hydrogen-bond donors (Lipinski definition) is 2. The first kappa shape index (κ1) is 14.7. The summed E-state index contributed by atoms with van der Waals surface area (Å²) in [6, 6.07) is 0. The van der Waals surface area contributed by atoms with E-state index in [9.17, 15) is 9.90 Å². The molecule has 0 aromatic carbocycles. The minimum Gasteiger partial charge on any atom is -0.391 e. The van der Waals surface area contributed by atoms with Crippen molar-refractivity contribution >= 4 is 17.5 Å². The molecule has 0 heterocycles. The van der Waals surface area contributed by atoms with E-state index in [-0.39, 0.29) is 5.91 Å². The summed E-state index contributed by atoms with van der Waals surface area (Å²) in [5.41, 5.74) is 0. The van der Waals surface area contributed by atoms with Crippen LogP contribution in [0.25, 0.3) is 0 Å². The Morgan fingerprint density at radius 1 is 1.40 bits per heavy atom. The molecule has 0 spiro atoms. The van der Waals surface area contributed by atoms with Gasteiger partial charge in [0.05, 0.1) is 6.10 Å². The zero-order valence-corrected chi connectivity index (χ0v) is 10.4. The molecule has 15 heavy (non-hydrogen) atoms. The van der Waals surface area contributed by atoms with Crippen molar-refractivity contribution in [2.45, 2.75) is 45.6 Å². The van der Waals surface area contributed by atoms with E-state index < -0.39 is 6.10 Å². The lowest BCUT2D eigenvalue weighted by Gasteiger charge is -2.13. The number of unbranched alkanes of at least 4 members (excludes halogenated alkanes) is 1. The van der Waals surface area contributed by atoms with E-state index in [2.05, 4.69) is 5.32 Å². The number of carbonyl (C=O) groups excluding carboxylic acids is 1. The quantitative estimate of drug-likeness (QED) is 0.499. The van der Waals surface area contributed by atoms with Crippen molar-refractivity contribution in [3.05, 3.63) is 0 Å². The van der Waals surface area contributed by atoms with E-state index in [1.54, 1.807) is 0 Å². The fourth-order valence-corrected chi connectivity index (χ4v) is 1.52. The average molecular weight is 236 g/mol. The minimum absolute atomic E-state index is 0.00271. The van der Waals surface area contributed by atoms with E-state index in [4.69, 9.17) is 11.6 Å². The zero-order valence-electron chi connectivity index (χ0n) is 9.63. The van der Waals surface area contributed by atoms with Gasteiger partial charge in [-0.1, -0.05) is 13.8 Å². The zero-order chi connectivity index (χ0) is 11.7. The van der Waals surface area contributed by atoms with Crippen LogP contribution in [0.1, 0.15) is 39.5 Å². The van der Waals surface area contributed by atoms with Crippen LogP contribution >= 0.6 is 11.6 Å². The van der Waals surface area contributed by atoms with Gasteiger partial charge < -0.3 is 10.4 Å². The summed E-state index contributed by atoms with van der Waals surface area (Å²) in [6.07, 6.45) is 2.48. The van der Waals surface area contributed by atoms with Crippen LogP contribution in [-0.2, 0) is 4.79 Å². The molecular formula is C11H22ClNO2. The van der Waals surface area contributed by atoms with E-state index in [1.807, 2.05) is 13.8 Å². The molecule has 0 aliphatic rings. The Hall–Kier alpha value is -0.280. The molecule has 0 aromatic heterocycles. The van der Waals surface area contributed by atoms with Crippen molar-refractivity contribution in [2.24, 2.45) is 5.92 Å². The second-order valence-electron chi connectivity index (χ2n) is 4.23. The third-order valence-electron chi connectivity index (χ3n) is 2.07. The second-order valence-corrected chi connectivity index (χ2v) is 4.61. The molecule has 2 N–H and O–H groups in total. The van der Waals surface area contributed by atoms with Crippen LogP contribution in [0.3, 0.4) is 0 Å². The van der Waals surface area contributed by atoms with Gasteiger partial charge in [-0.2, -0.15) is 0 Å². The number of nitrogens with one attached hydrogen (secondary N) is 1. The molecule has 0 aliphatic heterocycles. The summed E-state index contributed by atoms with van der Waals surface area (Å²) in [5.74, 6) is 1.06. The monoisotopic (exact) mass is 235 g/mol. The van der Waals surface area contributed by atoms with Gasteiger partial charge in [0.1, 0.15) is 0 Å². The first-order valence-electron chi connectivity index (χ1n) is 5.57. The number of alkyl halides is 1. The van der Waals surface area contributed by atoms with E-state index in [0.717, 1.165) is 19.3 Å². The average Bonchev–Trinajstić information content (AvgIpc) is 2.14. The molecule has 1 amide bonds. The molecular weight excluding hydrogens is 214 g/mol. The van der Waals surface area contributed by atoms with Gasteiger partial charge in [-0.15, -0.1) is 11.6 Å². The molecule has 3 nitrogen and oxygen atoms in total. The number of hydrogen-bond acceptors (Lipinski definition) is 2. The number of rotatable bonds is 8. The van der Waals surface area contributed by atoms with Gasteiger partial charge in [0.15, 0.2) is 0 Å². The van der Waals surface area contributed by atoms with Crippen LogP contribution in [0, 0.1) is 5.92 Å². The highest BCUT2D eigenvalue weighted by atomic mass is 35.5. The predicted octanol–water partition coefficient (Wildman–Crippen LogP) is 1.92. The molecule has 0 aromatic rings. The van der Waals surface area contributed by atoms with Crippen LogP contribution in [0.4, 0.5) is 0 Å². The van der Waals surface area contributed by atoms with Crippen LogP contribution in [-0.4, -0.2) is 29.5 Å². The van der Waals surface area contributed by atoms with Gasteiger partial charge in [-0.25, -0.2) is 0 Å². The number of carbonyl (C=O) groups is 1. The molecule has 0 bridgehead atoms. The molecule has 0 saturated heterocycles. The van der Waals surface area contributed by atoms with Gasteiger partial charge in [0, 0.05) is 18.8 Å². The van der Waals surface area contributed by atoms with E-state index in [0.29, 0.717) is 24.8 Å². The molecule has 1 unspecified atom stereocenters. The largest absolute Gasteiger partial charge is 0.391 e. The van der Waals surface area contributed by atoms with Crippen molar-refractivity contribution in [3.8, 4) is 0 Å². The van der Waals surface area contributed by atoms with Gasteiger partial charge in [-0.3, -0.25) is 4.79 Å². The minimum atomic E-state index is -0.429. The highest BCUT2D eigenvalue weighted by Gasteiger charge is 2.08. The van der Waals surface area contributed by atoms with Crippen molar-refractivity contribution in [1.82, 2.24) is 5.32 Å². The maximum atomic E-state index is 11.2. The van der Waals surface area contributed by atoms with E-state index >= 15 is 0 Å². The van der Waals surface area contributed by atoms with Crippen molar-refractivity contribution in [3.63, 3.8) is 0 Å². The number of aliphatic hydroxyl groups excluding tert-OH is 1. The molecule has 0 rings (SSSR count). The summed E-state index contributed by atoms with van der Waals surface area (Å²) < 4.78 is 0. The maximum absolute atomic E-state index is 11.2. The lowest BCUT2D eigenvalue weighted by molar-refractivity contribution is -0.121. The smallest absolute Gasteiger partial charge is 0.220 e. The SMILES string of the molecule is CC(C)CC(O)CNC(=O)CCCCCl. The topological polar surface area (TPSA) is 49.3 Å². The van der Waals surface area contributed by atoms with Crippen LogP contribution in [0.15, 0.2) is 0 Å². The fourth-order valence-electron chi connectivity index (χ4n) is 1.33. The summed E-state index contributed by atoms with van der Waals surface area (Å²) >= 11 is 5.50. The second kappa shape index (κ2) is 8.98. The number of halogens is 1. The number of amides is 1. The summed E-state index contributed by atoms with van der Waals surface area (Å²) in [7, 11) is 0. The molecule has 90 valence electrons. The Labute approximate surface area is 97.2 Å². The highest BCUT2D eigenvalue weighted by molar-refractivity contribution is 6.17. The molecule has 1 atom stereocenters. The van der Waals surface area contributed by atoms with Gasteiger partial charge in [-0.05, 0) is 25.2 Å². The van der Waals surface area contributed by atoms with Gasteiger partial charge in [0.2, 0.25) is 5.91 Å². The predicted molar refractivity (Wildman–Crippen MR) is 63.0 cm³/mol. The molecule has 4 heteroatoms. The number of aliphatic hydroxyl groups is 1. The molecule has 0 fully saturated rings. The Balaban J connectivity index is 3.44. The molecule has 0 aliphatic carbocycles. The summed E-state index contributed by atoms with van der Waals surface area (Å²) in [5, 5.41) is 12.2. The Bertz CT molecular complexity index is 174. The Kier molecular flexibility index (Phi) is 8.82. The van der Waals surface area contributed by atoms with Crippen molar-refractivity contribution in [2.75, 3.05) is 12.4 Å². The lowest BCUT2D eigenvalue weighted by atomic mass is 10.1. The maximum Gasteiger partial charge on any atom is 0.220 e. The van der Waals surface area contributed by atoms with Gasteiger partial charge >= 0.3 is 0 Å². The standard InChI is InChI=1S/C11H22ClNO2/c1-9(2)7-10(14)8-13-11(15)5-3-4-6-12/h9-10,14H,3-8H2,1-2H3,(H,13,15). The first-order chi connectivity index (χ1) is 7.06. The van der Waals surface area contributed by atoms with Crippen LogP contribution < -0.4 is 5.32 Å². The molecule has 0 radical (unpaired) electrons. The summed E-state index contributed by atoms with van der Waals surface area (Å²) in [4.78, 5) is 11.2. The molecule has 0 saturated carbocycles. The Morgan fingerprint density at radius 2 is 2.07 bits per heavy atom. The Morgan fingerprint density at radius 3 is 2.60 bits per heavy atom. The third kappa shape index (κ3) is 10.0. The van der Waals surface area contributed by atoms with Crippen molar-refractivity contribution in [1.29, 1.82) is 0 Å². The normalized spacial score (nSPS) is 12.9. The summed E-state index contributed by atoms with van der Waals surface area (Å²) in [6.45, 7) is 4.45. The van der Waals surface area contributed by atoms with Crippen LogP contribution in [0.5, 0.6) is 0 Å². The van der Waals surface area contributed by atoms with E-state index in [1.165, 1.54) is 0 Å². The first-order valence-corrected chi connectivity index (χ1v) is 6.10. The van der Waals surface area contributed by atoms with Crippen molar-refractivity contribution < 1.29 is 9.90 Å². The van der Waals surface area contributed by atoms with Gasteiger partial charge in [0.25, 0.3) is 0 Å². The lowest BCUT2D eigenvalue weighted by Crippen LogP contribution is -2.32. The fraction of sp³-hybridized carbons (Fsp3) is 0.909. The van der Waals surface area contributed by atoms with Crippen LogP contribution in [0.2, 0.25) is 0 Å². The highest BCUT2D eigenvalue weighted by Crippen LogP contribution is 2.03. The third-order valence-corrected chi connectivity index (χ3v) is 2.33.